The van der Waals surface area contributed by atoms with Crippen LogP contribution in [0.3, 0.4) is 0 Å². The number of carboxylic acid groups (broad SMARTS) is 1. The van der Waals surface area contributed by atoms with Gasteiger partial charge in [0.25, 0.3) is 5.91 Å². The van der Waals surface area contributed by atoms with Crippen LogP contribution in [0.2, 0.25) is 0 Å². The summed E-state index contributed by atoms with van der Waals surface area (Å²) in [5, 5.41) is 13.2. The summed E-state index contributed by atoms with van der Waals surface area (Å²) in [6, 6.07) is 12.3. The summed E-state index contributed by atoms with van der Waals surface area (Å²) >= 11 is 0. The molecule has 120 valence electrons. The predicted octanol–water partition coefficient (Wildman–Crippen LogP) is 1.61. The van der Waals surface area contributed by atoms with Gasteiger partial charge in [-0.3, -0.25) is 4.79 Å². The van der Waals surface area contributed by atoms with E-state index in [0.29, 0.717) is 17.0 Å². The van der Waals surface area contributed by atoms with Gasteiger partial charge in [0.1, 0.15) is 5.75 Å². The van der Waals surface area contributed by atoms with Gasteiger partial charge in [0.05, 0.1) is 0 Å². The summed E-state index contributed by atoms with van der Waals surface area (Å²) in [6.07, 6.45) is -0.149. The van der Waals surface area contributed by atoms with Gasteiger partial charge in [0.15, 0.2) is 6.61 Å². The standard InChI is InChI=1S/C18H19NO4/c1-12-3-8-16(13(2)9-12)23-11-17(20)19-15-6-4-14(5-7-15)10-18(21)22/h3-9H,10-11H2,1-2H3,(H,19,20)(H,21,22)/p-1. The first-order valence-corrected chi connectivity index (χ1v) is 7.23. The topological polar surface area (TPSA) is 78.5 Å². The summed E-state index contributed by atoms with van der Waals surface area (Å²) < 4.78 is 5.50. The van der Waals surface area contributed by atoms with E-state index in [2.05, 4.69) is 5.32 Å². The van der Waals surface area contributed by atoms with Crippen LogP contribution in [0.15, 0.2) is 42.5 Å². The van der Waals surface area contributed by atoms with E-state index >= 15 is 0 Å². The van der Waals surface area contributed by atoms with Crippen molar-refractivity contribution < 1.29 is 19.4 Å². The maximum Gasteiger partial charge on any atom is 0.262 e. The molecule has 1 N–H and O–H groups in total. The molecule has 0 unspecified atom stereocenters. The van der Waals surface area contributed by atoms with E-state index < -0.39 is 5.97 Å². The van der Waals surface area contributed by atoms with E-state index in [1.165, 1.54) is 0 Å². The second-order valence-electron chi connectivity index (χ2n) is 5.35. The number of benzene rings is 2. The average Bonchev–Trinajstić information content (AvgIpc) is 2.48. The lowest BCUT2D eigenvalue weighted by molar-refractivity contribution is -0.304. The monoisotopic (exact) mass is 312 g/mol. The van der Waals surface area contributed by atoms with Crippen LogP contribution in [0, 0.1) is 13.8 Å². The highest BCUT2D eigenvalue weighted by Crippen LogP contribution is 2.18. The number of nitrogens with one attached hydrogen (secondary N) is 1. The fourth-order valence-electron chi connectivity index (χ4n) is 2.17. The second kappa shape index (κ2) is 7.45. The van der Waals surface area contributed by atoms with Crippen LogP contribution in [0.25, 0.3) is 0 Å². The van der Waals surface area contributed by atoms with E-state index in [9.17, 15) is 14.7 Å². The number of carbonyl (C=O) groups is 2. The Hall–Kier alpha value is -2.82. The molecule has 1 amide bonds. The van der Waals surface area contributed by atoms with Crippen LogP contribution in [0.4, 0.5) is 5.69 Å². The molecule has 0 aliphatic carbocycles. The first-order chi connectivity index (χ1) is 10.9. The van der Waals surface area contributed by atoms with Crippen LogP contribution >= 0.6 is 0 Å². The molecule has 2 aromatic rings. The first kappa shape index (κ1) is 16.5. The van der Waals surface area contributed by atoms with Crippen LogP contribution in [-0.2, 0) is 16.0 Å². The van der Waals surface area contributed by atoms with Gasteiger partial charge in [-0.1, -0.05) is 29.8 Å². The van der Waals surface area contributed by atoms with Crippen LogP contribution in [-0.4, -0.2) is 18.5 Å². The number of rotatable bonds is 6. The van der Waals surface area contributed by atoms with E-state index in [-0.39, 0.29) is 18.9 Å². The summed E-state index contributed by atoms with van der Waals surface area (Å²) in [7, 11) is 0. The third-order valence-electron chi connectivity index (χ3n) is 3.28. The zero-order valence-electron chi connectivity index (χ0n) is 13.1. The van der Waals surface area contributed by atoms with Crippen molar-refractivity contribution >= 4 is 17.6 Å². The number of carboxylic acids is 1. The Morgan fingerprint density at radius 2 is 1.78 bits per heavy atom. The van der Waals surface area contributed by atoms with E-state index in [1.807, 2.05) is 32.0 Å². The zero-order chi connectivity index (χ0) is 16.8. The van der Waals surface area contributed by atoms with Crippen molar-refractivity contribution in [1.29, 1.82) is 0 Å². The number of aryl methyl sites for hydroxylation is 2. The molecule has 2 rings (SSSR count). The fourth-order valence-corrected chi connectivity index (χ4v) is 2.17. The van der Waals surface area contributed by atoms with Gasteiger partial charge in [-0.2, -0.15) is 0 Å². The van der Waals surface area contributed by atoms with Crippen molar-refractivity contribution in [2.75, 3.05) is 11.9 Å². The van der Waals surface area contributed by atoms with Crippen molar-refractivity contribution in [3.05, 3.63) is 59.2 Å². The lowest BCUT2D eigenvalue weighted by Crippen LogP contribution is -2.24. The van der Waals surface area contributed by atoms with Gasteiger partial charge >= 0.3 is 0 Å². The number of anilines is 1. The van der Waals surface area contributed by atoms with Crippen molar-refractivity contribution in [2.24, 2.45) is 0 Å². The Balaban J connectivity index is 1.88. The molecule has 5 heteroatoms. The molecule has 0 atom stereocenters. The molecule has 0 spiro atoms. The number of carbonyl (C=O) groups excluding carboxylic acids is 2. The van der Waals surface area contributed by atoms with Gasteiger partial charge in [0.2, 0.25) is 0 Å². The summed E-state index contributed by atoms with van der Waals surface area (Å²) in [6.45, 7) is 3.83. The summed E-state index contributed by atoms with van der Waals surface area (Å²) in [4.78, 5) is 22.4. The quantitative estimate of drug-likeness (QED) is 0.879. The smallest absolute Gasteiger partial charge is 0.262 e. The third kappa shape index (κ3) is 5.14. The molecule has 0 heterocycles. The average molecular weight is 312 g/mol. The Kier molecular flexibility index (Phi) is 5.36. The van der Waals surface area contributed by atoms with Gasteiger partial charge in [-0.15, -0.1) is 0 Å². The molecule has 5 nitrogen and oxygen atoms in total. The van der Waals surface area contributed by atoms with E-state index in [1.54, 1.807) is 24.3 Å². The molecule has 0 saturated heterocycles. The molecule has 0 bridgehead atoms. The van der Waals surface area contributed by atoms with Gasteiger partial charge in [0, 0.05) is 18.1 Å². The molecule has 0 radical (unpaired) electrons. The Morgan fingerprint density at radius 3 is 2.39 bits per heavy atom. The molecular formula is C18H18NO4-. The molecule has 0 saturated carbocycles. The molecule has 0 fully saturated rings. The number of hydrogen-bond acceptors (Lipinski definition) is 4. The molecule has 23 heavy (non-hydrogen) atoms. The summed E-state index contributed by atoms with van der Waals surface area (Å²) in [5.41, 5.74) is 3.32. The highest BCUT2D eigenvalue weighted by atomic mass is 16.5. The maximum absolute atomic E-state index is 11.9. The SMILES string of the molecule is Cc1ccc(OCC(=O)Nc2ccc(CC(=O)[O-])cc2)c(C)c1. The van der Waals surface area contributed by atoms with Crippen LogP contribution < -0.4 is 15.2 Å². The van der Waals surface area contributed by atoms with Crippen LogP contribution in [0.5, 0.6) is 5.75 Å². The minimum atomic E-state index is -1.14. The number of aliphatic carboxylic acids is 1. The van der Waals surface area contributed by atoms with E-state index in [4.69, 9.17) is 4.74 Å². The molecule has 0 aliphatic rings. The van der Waals surface area contributed by atoms with Crippen molar-refractivity contribution in [3.63, 3.8) is 0 Å². The normalized spacial score (nSPS) is 10.2. The molecule has 2 aromatic carbocycles. The largest absolute Gasteiger partial charge is 0.550 e. The number of amides is 1. The lowest BCUT2D eigenvalue weighted by Gasteiger charge is -2.10. The Labute approximate surface area is 134 Å². The van der Waals surface area contributed by atoms with Crippen molar-refractivity contribution in [3.8, 4) is 5.75 Å². The predicted molar refractivity (Wildman–Crippen MR) is 85.2 cm³/mol. The highest BCUT2D eigenvalue weighted by molar-refractivity contribution is 5.91. The number of hydrogen-bond donors (Lipinski definition) is 1. The molecular weight excluding hydrogens is 294 g/mol. The zero-order valence-corrected chi connectivity index (χ0v) is 13.1. The lowest BCUT2D eigenvalue weighted by atomic mass is 10.1. The van der Waals surface area contributed by atoms with Gasteiger partial charge in [-0.25, -0.2) is 0 Å². The minimum Gasteiger partial charge on any atom is -0.550 e. The first-order valence-electron chi connectivity index (χ1n) is 7.23. The number of ether oxygens (including phenoxy) is 1. The Morgan fingerprint density at radius 1 is 1.09 bits per heavy atom. The fraction of sp³-hybridized carbons (Fsp3) is 0.222. The van der Waals surface area contributed by atoms with Crippen molar-refractivity contribution in [1.82, 2.24) is 0 Å². The summed E-state index contributed by atoms with van der Waals surface area (Å²) in [5.74, 6) is -0.740. The minimum absolute atomic E-state index is 0.0926. The molecule has 0 aliphatic heterocycles. The van der Waals surface area contributed by atoms with Crippen molar-refractivity contribution in [2.45, 2.75) is 20.3 Å². The van der Waals surface area contributed by atoms with Gasteiger partial charge in [-0.05, 0) is 43.2 Å². The van der Waals surface area contributed by atoms with Crippen LogP contribution in [0.1, 0.15) is 16.7 Å². The van der Waals surface area contributed by atoms with Gasteiger partial charge < -0.3 is 20.0 Å². The van der Waals surface area contributed by atoms with E-state index in [0.717, 1.165) is 11.1 Å². The highest BCUT2D eigenvalue weighted by Gasteiger charge is 2.06. The maximum atomic E-state index is 11.9. The Bertz CT molecular complexity index is 707. The molecule has 0 aromatic heterocycles. The third-order valence-corrected chi connectivity index (χ3v) is 3.28. The second-order valence-corrected chi connectivity index (χ2v) is 5.35.